The molecule has 5 nitrogen and oxygen atoms in total. The summed E-state index contributed by atoms with van der Waals surface area (Å²) in [6.07, 6.45) is -3.84. The van der Waals surface area contributed by atoms with Gasteiger partial charge in [-0.05, 0) is 24.1 Å². The number of hydrogen-bond donors (Lipinski definition) is 2. The number of likely N-dealkylation sites (tertiary alicyclic amines) is 1. The fraction of sp³-hybridized carbons (Fsp3) is 0.429. The van der Waals surface area contributed by atoms with Gasteiger partial charge >= 0.3 is 6.43 Å². The molecule has 0 saturated carbocycles. The Morgan fingerprint density at radius 3 is 2.33 bits per heavy atom. The topological polar surface area (TPSA) is 65.5 Å². The number of carbonyl (C=O) groups excluding carboxylic acids is 1. The van der Waals surface area contributed by atoms with Crippen molar-refractivity contribution in [2.75, 3.05) is 19.8 Å². The third-order valence-electron chi connectivity index (χ3n) is 5.29. The van der Waals surface area contributed by atoms with E-state index in [0.717, 1.165) is 16.8 Å². The number of nitrogens with one attached hydrogen (secondary N) is 1. The van der Waals surface area contributed by atoms with Crippen LogP contribution in [0.4, 0.5) is 17.6 Å². The molecule has 1 amide bonds. The Kier molecular flexibility index (Phi) is 7.04. The first-order valence-corrected chi connectivity index (χ1v) is 9.57. The van der Waals surface area contributed by atoms with E-state index in [0.29, 0.717) is 13.1 Å². The van der Waals surface area contributed by atoms with Gasteiger partial charge in [0.25, 0.3) is 5.91 Å². The first kappa shape index (κ1) is 22.2. The highest BCUT2D eigenvalue weighted by Crippen LogP contribution is 2.28. The van der Waals surface area contributed by atoms with E-state index < -0.39 is 37.3 Å². The molecule has 1 aliphatic heterocycles. The van der Waals surface area contributed by atoms with Crippen LogP contribution < -0.4 is 5.32 Å². The largest absolute Gasteiger partial charge is 0.386 e. The average Bonchev–Trinajstić information content (AvgIpc) is 2.74. The Hall–Kier alpha value is -2.52. The van der Waals surface area contributed by atoms with E-state index in [2.05, 4.69) is 4.98 Å². The van der Waals surface area contributed by atoms with Gasteiger partial charge in [-0.2, -0.15) is 8.78 Å². The van der Waals surface area contributed by atoms with Gasteiger partial charge in [-0.3, -0.25) is 14.7 Å². The predicted molar refractivity (Wildman–Crippen MR) is 103 cm³/mol. The molecule has 3 rings (SSSR count). The number of hydrogen-bond acceptors (Lipinski definition) is 4. The molecule has 1 saturated heterocycles. The summed E-state index contributed by atoms with van der Waals surface area (Å²) in [4.78, 5) is 17.5. The number of rotatable bonds is 8. The van der Waals surface area contributed by atoms with Gasteiger partial charge in [-0.1, -0.05) is 30.3 Å². The molecule has 162 valence electrons. The zero-order valence-corrected chi connectivity index (χ0v) is 16.3. The molecule has 30 heavy (non-hydrogen) atoms. The van der Waals surface area contributed by atoms with Crippen molar-refractivity contribution in [1.29, 1.82) is 0 Å². The average molecular weight is 425 g/mol. The van der Waals surface area contributed by atoms with Crippen LogP contribution in [0.1, 0.15) is 30.3 Å². The van der Waals surface area contributed by atoms with E-state index >= 15 is 0 Å². The minimum atomic E-state index is -3.29. The standard InChI is InChI=1S/C21H23F4N3O2/c1-12(28-10-16(23)11-28)17-7-6-15(9-26-17)13-2-4-14(5-3-13)19(29)18(8-22)27-21(30)20(24)25/h2-7,9,12,16,18-20,29H,8,10-11H2,1H3,(H,27,30). The molecule has 0 radical (unpaired) electrons. The molecule has 0 spiro atoms. The minimum absolute atomic E-state index is 0.0182. The van der Waals surface area contributed by atoms with E-state index in [1.54, 1.807) is 23.6 Å². The molecular weight excluding hydrogens is 402 g/mol. The number of carbonyl (C=O) groups is 1. The monoisotopic (exact) mass is 425 g/mol. The number of aliphatic hydroxyl groups excluding tert-OH is 1. The maximum atomic E-state index is 13.1. The number of benzene rings is 1. The third kappa shape index (κ3) is 4.96. The predicted octanol–water partition coefficient (Wildman–Crippen LogP) is 3.22. The maximum absolute atomic E-state index is 13.1. The number of halogens is 4. The fourth-order valence-electron chi connectivity index (χ4n) is 3.33. The normalized spacial score (nSPS) is 18.0. The molecular formula is C21H23F4N3O2. The van der Waals surface area contributed by atoms with Gasteiger partial charge in [-0.15, -0.1) is 0 Å². The Morgan fingerprint density at radius 1 is 1.20 bits per heavy atom. The summed E-state index contributed by atoms with van der Waals surface area (Å²) in [5.74, 6) is -1.63. The van der Waals surface area contributed by atoms with Crippen LogP contribution in [0.15, 0.2) is 42.6 Å². The van der Waals surface area contributed by atoms with Gasteiger partial charge < -0.3 is 10.4 Å². The van der Waals surface area contributed by atoms with Crippen molar-refractivity contribution in [3.05, 3.63) is 53.9 Å². The number of pyridine rings is 1. The summed E-state index contributed by atoms with van der Waals surface area (Å²) in [7, 11) is 0. The van der Waals surface area contributed by atoms with E-state index in [4.69, 9.17) is 0 Å². The van der Waals surface area contributed by atoms with Crippen LogP contribution in [0, 0.1) is 0 Å². The first-order chi connectivity index (χ1) is 14.3. The van der Waals surface area contributed by atoms with Crippen LogP contribution in [-0.4, -0.2) is 59.3 Å². The Bertz CT molecular complexity index is 842. The molecule has 3 unspecified atom stereocenters. The third-order valence-corrected chi connectivity index (χ3v) is 5.29. The lowest BCUT2D eigenvalue weighted by atomic mass is 9.99. The van der Waals surface area contributed by atoms with Crippen molar-refractivity contribution in [2.45, 2.75) is 37.7 Å². The van der Waals surface area contributed by atoms with Crippen molar-refractivity contribution < 1.29 is 27.5 Å². The molecule has 1 fully saturated rings. The molecule has 0 bridgehead atoms. The van der Waals surface area contributed by atoms with Crippen LogP contribution >= 0.6 is 0 Å². The molecule has 1 aromatic heterocycles. The van der Waals surface area contributed by atoms with Crippen LogP contribution in [0.3, 0.4) is 0 Å². The molecule has 0 aliphatic carbocycles. The minimum Gasteiger partial charge on any atom is -0.386 e. The van der Waals surface area contributed by atoms with Crippen LogP contribution in [0.2, 0.25) is 0 Å². The number of nitrogens with zero attached hydrogens (tertiary/aromatic N) is 2. The van der Waals surface area contributed by atoms with E-state index in [9.17, 15) is 27.5 Å². The maximum Gasteiger partial charge on any atom is 0.315 e. The van der Waals surface area contributed by atoms with Crippen molar-refractivity contribution in [3.63, 3.8) is 0 Å². The molecule has 1 aliphatic rings. The summed E-state index contributed by atoms with van der Waals surface area (Å²) in [5.41, 5.74) is 2.72. The number of alkyl halides is 4. The quantitative estimate of drug-likeness (QED) is 0.638. The van der Waals surface area contributed by atoms with Crippen molar-refractivity contribution in [1.82, 2.24) is 15.2 Å². The summed E-state index contributed by atoms with van der Waals surface area (Å²) in [5, 5.41) is 12.0. The number of aromatic nitrogens is 1. The van der Waals surface area contributed by atoms with Gasteiger partial charge in [0.2, 0.25) is 0 Å². The SMILES string of the molecule is CC(c1ccc(-c2ccc(C(O)C(CF)NC(=O)C(F)F)cc2)cn1)N1CC(F)C1. The number of aliphatic hydroxyl groups is 1. The van der Waals surface area contributed by atoms with Gasteiger partial charge in [0.1, 0.15) is 19.0 Å². The van der Waals surface area contributed by atoms with Crippen LogP contribution in [-0.2, 0) is 4.79 Å². The second-order valence-electron chi connectivity index (χ2n) is 7.34. The lowest BCUT2D eigenvalue weighted by Gasteiger charge is -2.38. The molecule has 2 aromatic rings. The fourth-order valence-corrected chi connectivity index (χ4v) is 3.33. The smallest absolute Gasteiger partial charge is 0.315 e. The van der Waals surface area contributed by atoms with Crippen molar-refractivity contribution >= 4 is 5.91 Å². The first-order valence-electron chi connectivity index (χ1n) is 9.57. The van der Waals surface area contributed by atoms with Gasteiger partial charge in [-0.25, -0.2) is 8.78 Å². The summed E-state index contributed by atoms with van der Waals surface area (Å²) in [6, 6.07) is 8.75. The lowest BCUT2D eigenvalue weighted by molar-refractivity contribution is -0.133. The van der Waals surface area contributed by atoms with Crippen LogP contribution in [0.5, 0.6) is 0 Å². The zero-order valence-electron chi connectivity index (χ0n) is 16.3. The molecule has 2 heterocycles. The molecule has 2 N–H and O–H groups in total. The van der Waals surface area contributed by atoms with Gasteiger partial charge in [0.15, 0.2) is 0 Å². The van der Waals surface area contributed by atoms with E-state index in [1.807, 2.05) is 24.0 Å². The lowest BCUT2D eigenvalue weighted by Crippen LogP contribution is -2.49. The summed E-state index contributed by atoms with van der Waals surface area (Å²) >= 11 is 0. The molecule has 1 aromatic carbocycles. The summed E-state index contributed by atoms with van der Waals surface area (Å²) in [6.45, 7) is 1.60. The Labute approximate surface area is 171 Å². The van der Waals surface area contributed by atoms with Gasteiger partial charge in [0.05, 0.1) is 11.7 Å². The second kappa shape index (κ2) is 9.53. The highest BCUT2D eigenvalue weighted by atomic mass is 19.3. The van der Waals surface area contributed by atoms with Crippen molar-refractivity contribution in [3.8, 4) is 11.1 Å². The Balaban J connectivity index is 1.66. The molecule has 3 atom stereocenters. The summed E-state index contributed by atoms with van der Waals surface area (Å²) < 4.78 is 50.9. The highest BCUT2D eigenvalue weighted by molar-refractivity contribution is 5.79. The zero-order chi connectivity index (χ0) is 21.8. The Morgan fingerprint density at radius 2 is 1.83 bits per heavy atom. The second-order valence-corrected chi connectivity index (χ2v) is 7.34. The molecule has 9 heteroatoms. The van der Waals surface area contributed by atoms with Crippen LogP contribution in [0.25, 0.3) is 11.1 Å². The van der Waals surface area contributed by atoms with E-state index in [-0.39, 0.29) is 11.6 Å². The van der Waals surface area contributed by atoms with Crippen molar-refractivity contribution in [2.24, 2.45) is 0 Å². The van der Waals surface area contributed by atoms with Gasteiger partial charge in [0, 0.05) is 30.9 Å². The van der Waals surface area contributed by atoms with E-state index in [1.165, 1.54) is 12.1 Å². The number of amides is 1. The highest BCUT2D eigenvalue weighted by Gasteiger charge is 2.31.